The standard InChI is InChI=1S/C10H24N2O3S/c1-10(2)9-16(13,14)12(6-4-5-11)7-8-15-3/h10H,4-9,11H2,1-3H3. The van der Waals surface area contributed by atoms with E-state index in [9.17, 15) is 8.42 Å². The van der Waals surface area contributed by atoms with Crippen molar-refractivity contribution in [3.63, 3.8) is 0 Å². The van der Waals surface area contributed by atoms with Crippen LogP contribution in [0.2, 0.25) is 0 Å². The molecule has 5 nitrogen and oxygen atoms in total. The third-order valence-electron chi connectivity index (χ3n) is 2.09. The van der Waals surface area contributed by atoms with Gasteiger partial charge in [0.05, 0.1) is 12.4 Å². The van der Waals surface area contributed by atoms with Gasteiger partial charge in [-0.25, -0.2) is 8.42 Å². The van der Waals surface area contributed by atoms with E-state index >= 15 is 0 Å². The van der Waals surface area contributed by atoms with Gasteiger partial charge in [0, 0.05) is 20.2 Å². The van der Waals surface area contributed by atoms with Crippen LogP contribution in [0.5, 0.6) is 0 Å². The number of nitrogens with two attached hydrogens (primary N) is 1. The summed E-state index contributed by atoms with van der Waals surface area (Å²) in [4.78, 5) is 0. The average molecular weight is 252 g/mol. The molecule has 0 rings (SSSR count). The zero-order valence-electron chi connectivity index (χ0n) is 10.5. The molecule has 0 radical (unpaired) electrons. The normalized spacial score (nSPS) is 12.6. The molecule has 0 aliphatic rings. The molecule has 0 bridgehead atoms. The fourth-order valence-corrected chi connectivity index (χ4v) is 3.19. The van der Waals surface area contributed by atoms with E-state index in [1.165, 1.54) is 4.31 Å². The Morgan fingerprint density at radius 3 is 2.38 bits per heavy atom. The van der Waals surface area contributed by atoms with E-state index < -0.39 is 10.0 Å². The van der Waals surface area contributed by atoms with Gasteiger partial charge in [0.2, 0.25) is 10.0 Å². The second kappa shape index (κ2) is 8.00. The molecule has 0 spiro atoms. The van der Waals surface area contributed by atoms with Crippen molar-refractivity contribution in [2.24, 2.45) is 11.7 Å². The van der Waals surface area contributed by atoms with E-state index in [1.807, 2.05) is 13.8 Å². The molecule has 0 aliphatic heterocycles. The van der Waals surface area contributed by atoms with Gasteiger partial charge in [-0.05, 0) is 18.9 Å². The van der Waals surface area contributed by atoms with Crippen LogP contribution in [0, 0.1) is 5.92 Å². The van der Waals surface area contributed by atoms with Crippen molar-refractivity contribution in [2.45, 2.75) is 20.3 Å². The summed E-state index contributed by atoms with van der Waals surface area (Å²) >= 11 is 0. The highest BCUT2D eigenvalue weighted by Crippen LogP contribution is 2.07. The molecule has 0 aromatic carbocycles. The molecule has 0 aromatic rings. The maximum Gasteiger partial charge on any atom is 0.214 e. The smallest absolute Gasteiger partial charge is 0.214 e. The molecule has 0 amide bonds. The molecule has 0 aromatic heterocycles. The molecule has 0 saturated heterocycles. The summed E-state index contributed by atoms with van der Waals surface area (Å²) in [5.74, 6) is 0.314. The highest BCUT2D eigenvalue weighted by Gasteiger charge is 2.22. The van der Waals surface area contributed by atoms with Crippen molar-refractivity contribution < 1.29 is 13.2 Å². The minimum atomic E-state index is -3.17. The van der Waals surface area contributed by atoms with Gasteiger partial charge in [-0.1, -0.05) is 13.8 Å². The summed E-state index contributed by atoms with van der Waals surface area (Å²) < 4.78 is 30.4. The van der Waals surface area contributed by atoms with Crippen LogP contribution in [0.3, 0.4) is 0 Å². The molecule has 16 heavy (non-hydrogen) atoms. The highest BCUT2D eigenvalue weighted by molar-refractivity contribution is 7.89. The topological polar surface area (TPSA) is 72.6 Å². The van der Waals surface area contributed by atoms with Crippen molar-refractivity contribution in [2.75, 3.05) is 39.1 Å². The van der Waals surface area contributed by atoms with Crippen molar-refractivity contribution in [1.29, 1.82) is 0 Å². The van der Waals surface area contributed by atoms with Gasteiger partial charge < -0.3 is 10.5 Å². The number of ether oxygens (including phenoxy) is 1. The lowest BCUT2D eigenvalue weighted by molar-refractivity contribution is 0.178. The summed E-state index contributed by atoms with van der Waals surface area (Å²) in [5, 5.41) is 0. The number of hydrogen-bond donors (Lipinski definition) is 1. The number of methoxy groups -OCH3 is 1. The third kappa shape index (κ3) is 6.42. The Kier molecular flexibility index (Phi) is 7.91. The van der Waals surface area contributed by atoms with Crippen LogP contribution in [0.25, 0.3) is 0 Å². The minimum absolute atomic E-state index is 0.132. The van der Waals surface area contributed by atoms with Crippen LogP contribution in [0.1, 0.15) is 20.3 Å². The van der Waals surface area contributed by atoms with Crippen LogP contribution >= 0.6 is 0 Å². The van der Waals surface area contributed by atoms with E-state index in [0.717, 1.165) is 0 Å². The first-order valence-corrected chi connectivity index (χ1v) is 7.21. The monoisotopic (exact) mass is 252 g/mol. The Morgan fingerprint density at radius 2 is 1.94 bits per heavy atom. The van der Waals surface area contributed by atoms with E-state index in [2.05, 4.69) is 0 Å². The predicted octanol–water partition coefficient (Wildman–Crippen LogP) is 0.269. The molecular formula is C10H24N2O3S. The van der Waals surface area contributed by atoms with Gasteiger partial charge >= 0.3 is 0 Å². The lowest BCUT2D eigenvalue weighted by atomic mass is 10.3. The minimum Gasteiger partial charge on any atom is -0.383 e. The fourth-order valence-electron chi connectivity index (χ4n) is 1.38. The highest BCUT2D eigenvalue weighted by atomic mass is 32.2. The summed E-state index contributed by atoms with van der Waals surface area (Å²) in [6.45, 7) is 5.60. The van der Waals surface area contributed by atoms with Gasteiger partial charge in [0.25, 0.3) is 0 Å². The predicted molar refractivity (Wildman–Crippen MR) is 65.7 cm³/mol. The Labute approximate surface area is 99.0 Å². The quantitative estimate of drug-likeness (QED) is 0.639. The van der Waals surface area contributed by atoms with Crippen molar-refractivity contribution in [3.05, 3.63) is 0 Å². The molecule has 0 atom stereocenters. The zero-order chi connectivity index (χ0) is 12.6. The van der Waals surface area contributed by atoms with Crippen LogP contribution in [-0.4, -0.2) is 51.8 Å². The molecule has 2 N–H and O–H groups in total. The number of rotatable bonds is 9. The van der Waals surface area contributed by atoms with Crippen LogP contribution < -0.4 is 5.73 Å². The second-order valence-corrected chi connectivity index (χ2v) is 6.22. The lowest BCUT2D eigenvalue weighted by Crippen LogP contribution is -2.38. The molecule has 0 aliphatic carbocycles. The molecule has 0 unspecified atom stereocenters. The SMILES string of the molecule is COCCN(CCCN)S(=O)(=O)CC(C)C. The van der Waals surface area contributed by atoms with Crippen LogP contribution in [-0.2, 0) is 14.8 Å². The Hall–Kier alpha value is -0.170. The first-order chi connectivity index (χ1) is 7.44. The summed E-state index contributed by atoms with van der Waals surface area (Å²) in [5.41, 5.74) is 5.40. The zero-order valence-corrected chi connectivity index (χ0v) is 11.3. The van der Waals surface area contributed by atoms with Crippen molar-refractivity contribution >= 4 is 10.0 Å². The largest absolute Gasteiger partial charge is 0.383 e. The third-order valence-corrected chi connectivity index (χ3v) is 4.33. The summed E-state index contributed by atoms with van der Waals surface area (Å²) in [6.07, 6.45) is 0.682. The van der Waals surface area contributed by atoms with Crippen molar-refractivity contribution in [3.8, 4) is 0 Å². The Bertz CT molecular complexity index is 257. The Morgan fingerprint density at radius 1 is 1.31 bits per heavy atom. The average Bonchev–Trinajstić information content (AvgIpc) is 2.15. The molecular weight excluding hydrogens is 228 g/mol. The van der Waals surface area contributed by atoms with Gasteiger partial charge in [0.15, 0.2) is 0 Å². The van der Waals surface area contributed by atoms with E-state index in [-0.39, 0.29) is 11.7 Å². The van der Waals surface area contributed by atoms with Crippen LogP contribution in [0.4, 0.5) is 0 Å². The maximum atomic E-state index is 12.0. The van der Waals surface area contributed by atoms with Gasteiger partial charge in [0.1, 0.15) is 0 Å². The number of sulfonamides is 1. The summed E-state index contributed by atoms with van der Waals surface area (Å²) in [7, 11) is -1.60. The van der Waals surface area contributed by atoms with Gasteiger partial charge in [-0.2, -0.15) is 4.31 Å². The molecule has 0 fully saturated rings. The number of hydrogen-bond acceptors (Lipinski definition) is 4. The lowest BCUT2D eigenvalue weighted by Gasteiger charge is -2.22. The van der Waals surface area contributed by atoms with Crippen molar-refractivity contribution in [1.82, 2.24) is 4.31 Å². The fraction of sp³-hybridized carbons (Fsp3) is 1.00. The molecule has 0 heterocycles. The van der Waals surface area contributed by atoms with E-state index in [1.54, 1.807) is 7.11 Å². The van der Waals surface area contributed by atoms with Gasteiger partial charge in [-0.15, -0.1) is 0 Å². The van der Waals surface area contributed by atoms with Crippen LogP contribution in [0.15, 0.2) is 0 Å². The maximum absolute atomic E-state index is 12.0. The van der Waals surface area contributed by atoms with Gasteiger partial charge in [-0.3, -0.25) is 0 Å². The summed E-state index contributed by atoms with van der Waals surface area (Å²) in [6, 6.07) is 0. The molecule has 98 valence electrons. The number of nitrogens with zero attached hydrogens (tertiary/aromatic N) is 1. The first kappa shape index (κ1) is 15.8. The second-order valence-electron chi connectivity index (χ2n) is 4.21. The molecule has 0 saturated carbocycles. The molecule has 6 heteroatoms. The Balaban J connectivity index is 4.45. The van der Waals surface area contributed by atoms with E-state index in [4.69, 9.17) is 10.5 Å². The first-order valence-electron chi connectivity index (χ1n) is 5.61. The van der Waals surface area contributed by atoms with E-state index in [0.29, 0.717) is 32.7 Å².